The number of carbonyl (C=O) groups excluding carboxylic acids is 1. The summed E-state index contributed by atoms with van der Waals surface area (Å²) >= 11 is 4.26. The van der Waals surface area contributed by atoms with E-state index in [4.69, 9.17) is 4.74 Å². The van der Waals surface area contributed by atoms with E-state index in [0.29, 0.717) is 11.7 Å². The first-order valence-corrected chi connectivity index (χ1v) is 11.7. The van der Waals surface area contributed by atoms with Crippen LogP contribution in [-0.4, -0.2) is 5.97 Å². The largest absolute Gasteiger partial charge is 0.426 e. The Morgan fingerprint density at radius 1 is 0.897 bits per heavy atom. The van der Waals surface area contributed by atoms with E-state index in [9.17, 15) is 4.79 Å². The minimum atomic E-state index is -0.0891. The summed E-state index contributed by atoms with van der Waals surface area (Å²) in [6, 6.07) is 16.5. The Balaban J connectivity index is 1.42. The van der Waals surface area contributed by atoms with Gasteiger partial charge in [-0.1, -0.05) is 56.9 Å². The van der Waals surface area contributed by atoms with Crippen molar-refractivity contribution in [2.24, 2.45) is 5.92 Å². The lowest BCUT2D eigenvalue weighted by Gasteiger charge is -2.27. The summed E-state index contributed by atoms with van der Waals surface area (Å²) in [5.41, 5.74) is 2.88. The van der Waals surface area contributed by atoms with Gasteiger partial charge in [0.25, 0.3) is 0 Å². The van der Waals surface area contributed by atoms with Gasteiger partial charge in [-0.15, -0.1) is 12.6 Å². The van der Waals surface area contributed by atoms with Gasteiger partial charge in [0.15, 0.2) is 0 Å². The Kier molecular flexibility index (Phi) is 8.67. The van der Waals surface area contributed by atoms with E-state index >= 15 is 0 Å². The van der Waals surface area contributed by atoms with E-state index in [1.807, 2.05) is 12.1 Å². The fourth-order valence-corrected chi connectivity index (χ4v) is 4.41. The maximum Gasteiger partial charge on any atom is 0.314 e. The first-order valence-electron chi connectivity index (χ1n) is 11.2. The molecule has 0 unspecified atom stereocenters. The molecule has 0 N–H and O–H groups in total. The average molecular weight is 411 g/mol. The standard InChI is InChI=1S/C26H34O2S/c1-2-3-4-5-6-7-20-8-10-21(11-9-20)22-12-14-23(15-13-22)26(27)28-24-16-18-25(29)19-17-24/h8-11,16-19,22-23,29H,2-7,12-15H2,1H3. The quantitative estimate of drug-likeness (QED) is 0.202. The van der Waals surface area contributed by atoms with E-state index < -0.39 is 0 Å². The Morgan fingerprint density at radius 3 is 2.21 bits per heavy atom. The zero-order chi connectivity index (χ0) is 20.5. The highest BCUT2D eigenvalue weighted by molar-refractivity contribution is 7.80. The second-order valence-electron chi connectivity index (χ2n) is 8.37. The van der Waals surface area contributed by atoms with Crippen LogP contribution >= 0.6 is 12.6 Å². The fraction of sp³-hybridized carbons (Fsp3) is 0.500. The molecule has 156 valence electrons. The van der Waals surface area contributed by atoms with Crippen molar-refractivity contribution < 1.29 is 9.53 Å². The molecule has 0 aliphatic heterocycles. The van der Waals surface area contributed by atoms with Gasteiger partial charge in [0, 0.05) is 4.90 Å². The van der Waals surface area contributed by atoms with Gasteiger partial charge in [-0.25, -0.2) is 0 Å². The summed E-state index contributed by atoms with van der Waals surface area (Å²) in [7, 11) is 0. The average Bonchev–Trinajstić information content (AvgIpc) is 2.76. The number of aryl methyl sites for hydroxylation is 1. The van der Waals surface area contributed by atoms with Gasteiger partial charge >= 0.3 is 5.97 Å². The summed E-state index contributed by atoms with van der Waals surface area (Å²) in [5, 5.41) is 0. The number of unbranched alkanes of at least 4 members (excludes halogenated alkanes) is 4. The third kappa shape index (κ3) is 6.92. The number of carbonyl (C=O) groups is 1. The molecule has 1 aliphatic carbocycles. The first kappa shape index (κ1) is 22.0. The van der Waals surface area contributed by atoms with Gasteiger partial charge in [-0.3, -0.25) is 4.79 Å². The molecule has 2 aromatic rings. The van der Waals surface area contributed by atoms with Gasteiger partial charge in [-0.2, -0.15) is 0 Å². The lowest BCUT2D eigenvalue weighted by atomic mass is 9.78. The van der Waals surface area contributed by atoms with Crippen molar-refractivity contribution in [3.05, 3.63) is 59.7 Å². The van der Waals surface area contributed by atoms with Crippen LogP contribution in [0, 0.1) is 5.92 Å². The van der Waals surface area contributed by atoms with Gasteiger partial charge in [0.1, 0.15) is 5.75 Å². The highest BCUT2D eigenvalue weighted by Gasteiger charge is 2.28. The second-order valence-corrected chi connectivity index (χ2v) is 8.89. The van der Waals surface area contributed by atoms with Crippen molar-refractivity contribution >= 4 is 18.6 Å². The molecule has 29 heavy (non-hydrogen) atoms. The van der Waals surface area contributed by atoms with Crippen molar-refractivity contribution in [3.63, 3.8) is 0 Å². The van der Waals surface area contributed by atoms with Crippen LogP contribution in [0.3, 0.4) is 0 Å². The van der Waals surface area contributed by atoms with Gasteiger partial charge < -0.3 is 4.74 Å². The van der Waals surface area contributed by atoms with Crippen LogP contribution in [0.5, 0.6) is 5.75 Å². The number of rotatable bonds is 9. The van der Waals surface area contributed by atoms with Crippen LogP contribution in [0.1, 0.15) is 81.8 Å². The van der Waals surface area contributed by atoms with Gasteiger partial charge in [-0.05, 0) is 79.8 Å². The molecule has 2 nitrogen and oxygen atoms in total. The molecule has 3 heteroatoms. The van der Waals surface area contributed by atoms with E-state index in [-0.39, 0.29) is 11.9 Å². The normalized spacial score (nSPS) is 19.1. The minimum absolute atomic E-state index is 0.0179. The van der Waals surface area contributed by atoms with Crippen molar-refractivity contribution in [2.45, 2.75) is 81.9 Å². The molecule has 0 spiro atoms. The van der Waals surface area contributed by atoms with Crippen LogP contribution in [0.15, 0.2) is 53.4 Å². The number of thiol groups is 1. The predicted molar refractivity (Wildman–Crippen MR) is 123 cm³/mol. The van der Waals surface area contributed by atoms with Crippen LogP contribution in [0.25, 0.3) is 0 Å². The van der Waals surface area contributed by atoms with E-state index in [1.165, 1.54) is 49.7 Å². The molecule has 2 aromatic carbocycles. The first-order chi connectivity index (χ1) is 14.2. The Labute approximate surface area is 181 Å². The molecule has 0 radical (unpaired) electrons. The SMILES string of the molecule is CCCCCCCc1ccc(C2CCC(C(=O)Oc3ccc(S)cc3)CC2)cc1. The van der Waals surface area contributed by atoms with E-state index in [0.717, 1.165) is 30.6 Å². The molecule has 0 aromatic heterocycles. The molecule has 3 rings (SSSR count). The zero-order valence-electron chi connectivity index (χ0n) is 17.6. The Morgan fingerprint density at radius 2 is 1.55 bits per heavy atom. The third-order valence-corrected chi connectivity index (χ3v) is 6.43. The summed E-state index contributed by atoms with van der Waals surface area (Å²) < 4.78 is 5.55. The zero-order valence-corrected chi connectivity index (χ0v) is 18.5. The third-order valence-electron chi connectivity index (χ3n) is 6.14. The summed E-state index contributed by atoms with van der Waals surface area (Å²) in [6.07, 6.45) is 11.8. The highest BCUT2D eigenvalue weighted by atomic mass is 32.1. The smallest absolute Gasteiger partial charge is 0.314 e. The fourth-order valence-electron chi connectivity index (χ4n) is 4.27. The Bertz CT molecular complexity index is 743. The summed E-state index contributed by atoms with van der Waals surface area (Å²) in [5.74, 6) is 1.11. The number of esters is 1. The van der Waals surface area contributed by atoms with Crippen LogP contribution in [0.2, 0.25) is 0 Å². The summed E-state index contributed by atoms with van der Waals surface area (Å²) in [6.45, 7) is 2.26. The molecule has 0 heterocycles. The van der Waals surface area contributed by atoms with Crippen molar-refractivity contribution in [3.8, 4) is 5.75 Å². The predicted octanol–water partition coefficient (Wildman–Crippen LogP) is 7.37. The molecule has 1 fully saturated rings. The maximum absolute atomic E-state index is 12.5. The van der Waals surface area contributed by atoms with Crippen LogP contribution in [-0.2, 0) is 11.2 Å². The molecule has 1 saturated carbocycles. The van der Waals surface area contributed by atoms with Crippen molar-refractivity contribution in [1.82, 2.24) is 0 Å². The monoisotopic (exact) mass is 410 g/mol. The minimum Gasteiger partial charge on any atom is -0.426 e. The van der Waals surface area contributed by atoms with Gasteiger partial charge in [0.2, 0.25) is 0 Å². The second kappa shape index (κ2) is 11.4. The lowest BCUT2D eigenvalue weighted by Crippen LogP contribution is -2.25. The maximum atomic E-state index is 12.5. The van der Waals surface area contributed by atoms with Crippen LogP contribution in [0.4, 0.5) is 0 Å². The molecule has 1 aliphatic rings. The number of hydrogen-bond donors (Lipinski definition) is 1. The molecule has 0 bridgehead atoms. The number of benzene rings is 2. The van der Waals surface area contributed by atoms with Crippen LogP contribution < -0.4 is 4.74 Å². The Hall–Kier alpha value is -1.74. The van der Waals surface area contributed by atoms with E-state index in [1.54, 1.807) is 12.1 Å². The van der Waals surface area contributed by atoms with E-state index in [2.05, 4.69) is 43.8 Å². The number of ether oxygens (including phenoxy) is 1. The highest BCUT2D eigenvalue weighted by Crippen LogP contribution is 2.36. The number of hydrogen-bond acceptors (Lipinski definition) is 3. The molecular weight excluding hydrogens is 376 g/mol. The van der Waals surface area contributed by atoms with Gasteiger partial charge in [0.05, 0.1) is 5.92 Å². The lowest BCUT2D eigenvalue weighted by molar-refractivity contribution is -0.140. The van der Waals surface area contributed by atoms with Crippen molar-refractivity contribution in [1.29, 1.82) is 0 Å². The molecular formula is C26H34O2S. The van der Waals surface area contributed by atoms with Crippen molar-refractivity contribution in [2.75, 3.05) is 0 Å². The molecule has 0 amide bonds. The summed E-state index contributed by atoms with van der Waals surface area (Å²) in [4.78, 5) is 13.3. The molecule has 0 saturated heterocycles. The topological polar surface area (TPSA) is 26.3 Å². The molecule has 0 atom stereocenters.